The standard InChI is InChI=1S/C42H30N2O4/c1-21(2)23-7-5-9-25(19-23)43-39(45)31-15-11-27-29-13-17-33-38-34(42(48)44(41(33)47)26-10-6-8-24(20-26)22(3)4)18-14-30(36(29)38)28-12-16-32(40(43)46)37(31)35(27)28/h5-22H,1-4H3. The Morgan fingerprint density at radius 2 is 0.708 bits per heavy atom. The summed E-state index contributed by atoms with van der Waals surface area (Å²) in [5.74, 6) is -0.936. The molecule has 0 aliphatic carbocycles. The van der Waals surface area contributed by atoms with Crippen molar-refractivity contribution < 1.29 is 19.2 Å². The van der Waals surface area contributed by atoms with Gasteiger partial charge in [0.2, 0.25) is 0 Å². The first kappa shape index (κ1) is 28.4. The number of carbonyl (C=O) groups is 4. The van der Waals surface area contributed by atoms with Crippen molar-refractivity contribution in [1.82, 2.24) is 0 Å². The second kappa shape index (κ2) is 9.81. The van der Waals surface area contributed by atoms with Crippen LogP contribution in [0.1, 0.15) is 92.1 Å². The van der Waals surface area contributed by atoms with Gasteiger partial charge in [-0.15, -0.1) is 0 Å². The van der Waals surface area contributed by atoms with E-state index >= 15 is 0 Å². The van der Waals surface area contributed by atoms with Crippen LogP contribution in [0.15, 0.2) is 97.1 Å². The normalized spacial score (nSPS) is 14.7. The summed E-state index contributed by atoms with van der Waals surface area (Å²) in [6.45, 7) is 8.32. The van der Waals surface area contributed by atoms with Crippen LogP contribution < -0.4 is 9.80 Å². The van der Waals surface area contributed by atoms with Crippen LogP contribution in [-0.4, -0.2) is 23.6 Å². The van der Waals surface area contributed by atoms with Gasteiger partial charge in [-0.3, -0.25) is 19.2 Å². The maximum atomic E-state index is 14.1. The van der Waals surface area contributed by atoms with Crippen LogP contribution in [0.4, 0.5) is 11.4 Å². The summed E-state index contributed by atoms with van der Waals surface area (Å²) < 4.78 is 0. The van der Waals surface area contributed by atoms with Gasteiger partial charge in [-0.2, -0.15) is 0 Å². The van der Waals surface area contributed by atoms with Crippen molar-refractivity contribution in [1.29, 1.82) is 0 Å². The highest BCUT2D eigenvalue weighted by atomic mass is 16.2. The highest BCUT2D eigenvalue weighted by Crippen LogP contribution is 2.47. The third-order valence-corrected chi connectivity index (χ3v) is 10.2. The largest absolute Gasteiger partial charge is 0.268 e. The predicted molar refractivity (Wildman–Crippen MR) is 191 cm³/mol. The van der Waals surface area contributed by atoms with Crippen molar-refractivity contribution in [2.45, 2.75) is 39.5 Å². The van der Waals surface area contributed by atoms with Crippen LogP contribution >= 0.6 is 0 Å². The SMILES string of the molecule is CC(C)c1cccc(N2C(=O)c3ccc4c5ccc6c7c(ccc(c8ccc(c3c48)C2=O)c75)C(=O)N(c2cccc(C(C)C)c2)C6=O)c1. The van der Waals surface area contributed by atoms with Crippen molar-refractivity contribution in [3.63, 3.8) is 0 Å². The molecule has 0 N–H and O–H groups in total. The van der Waals surface area contributed by atoms with Gasteiger partial charge in [-0.05, 0) is 104 Å². The van der Waals surface area contributed by atoms with Crippen LogP contribution in [0.25, 0.3) is 43.1 Å². The Hall–Kier alpha value is -5.88. The molecule has 0 saturated carbocycles. The molecule has 0 unspecified atom stereocenters. The van der Waals surface area contributed by atoms with Crippen molar-refractivity contribution in [2.75, 3.05) is 9.80 Å². The Bertz CT molecular complexity index is 2310. The van der Waals surface area contributed by atoms with Gasteiger partial charge in [-0.25, -0.2) is 9.80 Å². The zero-order valence-electron chi connectivity index (χ0n) is 26.9. The van der Waals surface area contributed by atoms with Crippen molar-refractivity contribution >= 4 is 78.1 Å². The van der Waals surface area contributed by atoms with Gasteiger partial charge in [0.25, 0.3) is 23.6 Å². The van der Waals surface area contributed by atoms with Crippen molar-refractivity contribution in [3.05, 3.63) is 130 Å². The zero-order valence-corrected chi connectivity index (χ0v) is 26.9. The highest BCUT2D eigenvalue weighted by Gasteiger charge is 2.38. The van der Waals surface area contributed by atoms with E-state index in [9.17, 15) is 19.2 Å². The summed E-state index contributed by atoms with van der Waals surface area (Å²) in [7, 11) is 0. The summed E-state index contributed by atoms with van der Waals surface area (Å²) in [6.07, 6.45) is 0. The molecule has 9 rings (SSSR count). The maximum absolute atomic E-state index is 14.1. The lowest BCUT2D eigenvalue weighted by atomic mass is 9.82. The molecule has 0 radical (unpaired) electrons. The lowest BCUT2D eigenvalue weighted by molar-refractivity contribution is 0.0877. The molecule has 0 fully saturated rings. The number of imide groups is 2. The van der Waals surface area contributed by atoms with Crippen LogP contribution in [-0.2, 0) is 0 Å². The molecule has 2 aliphatic rings. The molecule has 7 aromatic rings. The number of anilines is 2. The van der Waals surface area contributed by atoms with Gasteiger partial charge in [-0.1, -0.05) is 76.2 Å². The second-order valence-corrected chi connectivity index (χ2v) is 13.5. The first-order chi connectivity index (χ1) is 23.2. The molecule has 0 spiro atoms. The molecule has 7 aromatic carbocycles. The van der Waals surface area contributed by atoms with E-state index in [1.54, 1.807) is 36.4 Å². The Morgan fingerprint density at radius 3 is 1.00 bits per heavy atom. The number of amides is 4. The van der Waals surface area contributed by atoms with E-state index in [1.807, 2.05) is 60.7 Å². The van der Waals surface area contributed by atoms with Crippen LogP contribution in [0, 0.1) is 0 Å². The number of nitrogens with zero attached hydrogens (tertiary/aromatic N) is 2. The molecule has 4 amide bonds. The molecule has 6 heteroatoms. The van der Waals surface area contributed by atoms with Gasteiger partial charge in [0, 0.05) is 33.0 Å². The highest BCUT2D eigenvalue weighted by molar-refractivity contribution is 6.45. The third kappa shape index (κ3) is 3.63. The Balaban J connectivity index is 1.26. The molecular formula is C42H30N2O4. The quantitative estimate of drug-likeness (QED) is 0.111. The summed E-state index contributed by atoms with van der Waals surface area (Å²) >= 11 is 0. The van der Waals surface area contributed by atoms with E-state index in [0.717, 1.165) is 43.4 Å². The average Bonchev–Trinajstić information content (AvgIpc) is 3.09. The van der Waals surface area contributed by atoms with E-state index in [0.29, 0.717) is 44.4 Å². The Kier molecular flexibility index (Phi) is 5.80. The summed E-state index contributed by atoms with van der Waals surface area (Å²) in [4.78, 5) is 59.0. The van der Waals surface area contributed by atoms with Crippen LogP contribution in [0.3, 0.4) is 0 Å². The number of carbonyl (C=O) groups excluding carboxylic acids is 4. The fraction of sp³-hybridized carbons (Fsp3) is 0.143. The van der Waals surface area contributed by atoms with E-state index in [2.05, 4.69) is 27.7 Å². The molecule has 0 aromatic heterocycles. The van der Waals surface area contributed by atoms with Crippen LogP contribution in [0.5, 0.6) is 0 Å². The van der Waals surface area contributed by atoms with Gasteiger partial charge >= 0.3 is 0 Å². The molecular weight excluding hydrogens is 596 g/mol. The van der Waals surface area contributed by atoms with Gasteiger partial charge in [0.05, 0.1) is 11.4 Å². The Labute approximate surface area is 276 Å². The molecule has 0 atom stereocenters. The molecule has 2 heterocycles. The zero-order chi connectivity index (χ0) is 33.2. The first-order valence-corrected chi connectivity index (χ1v) is 16.3. The average molecular weight is 627 g/mol. The summed E-state index contributed by atoms with van der Waals surface area (Å²) in [5.41, 5.74) is 5.09. The first-order valence-electron chi connectivity index (χ1n) is 16.3. The Morgan fingerprint density at radius 1 is 0.396 bits per heavy atom. The monoisotopic (exact) mass is 626 g/mol. The fourth-order valence-electron chi connectivity index (χ4n) is 7.78. The van der Waals surface area contributed by atoms with E-state index in [-0.39, 0.29) is 35.5 Å². The van der Waals surface area contributed by atoms with Gasteiger partial charge in [0.1, 0.15) is 0 Å². The smallest absolute Gasteiger partial charge is 0.265 e. The maximum Gasteiger partial charge on any atom is 0.265 e. The third-order valence-electron chi connectivity index (χ3n) is 10.2. The lowest BCUT2D eigenvalue weighted by Gasteiger charge is -2.30. The van der Waals surface area contributed by atoms with Gasteiger partial charge < -0.3 is 0 Å². The number of rotatable bonds is 4. The molecule has 0 saturated heterocycles. The number of hydrogen-bond acceptors (Lipinski definition) is 4. The molecule has 48 heavy (non-hydrogen) atoms. The minimum absolute atomic E-state index is 0.243. The minimum Gasteiger partial charge on any atom is -0.268 e. The molecule has 0 bridgehead atoms. The van der Waals surface area contributed by atoms with E-state index in [1.165, 1.54) is 9.80 Å². The van der Waals surface area contributed by atoms with Crippen molar-refractivity contribution in [3.8, 4) is 0 Å². The topological polar surface area (TPSA) is 74.8 Å². The van der Waals surface area contributed by atoms with E-state index in [4.69, 9.17) is 0 Å². The summed E-state index contributed by atoms with van der Waals surface area (Å²) in [6, 6.07) is 30.2. The molecule has 2 aliphatic heterocycles. The van der Waals surface area contributed by atoms with E-state index < -0.39 is 0 Å². The van der Waals surface area contributed by atoms with Crippen molar-refractivity contribution in [2.24, 2.45) is 0 Å². The molecule has 6 nitrogen and oxygen atoms in total. The van der Waals surface area contributed by atoms with Gasteiger partial charge in [0.15, 0.2) is 0 Å². The second-order valence-electron chi connectivity index (χ2n) is 13.5. The predicted octanol–water partition coefficient (Wildman–Crippen LogP) is 9.59. The minimum atomic E-state index is -0.356. The molecule has 232 valence electrons. The fourth-order valence-corrected chi connectivity index (χ4v) is 7.78. The number of hydrogen-bond donors (Lipinski definition) is 0. The summed E-state index contributed by atoms with van der Waals surface area (Å²) in [5, 5.41) is 6.40. The number of fused-ring (bicyclic) bond motifs is 2. The lowest BCUT2D eigenvalue weighted by Crippen LogP contribution is -2.40. The van der Waals surface area contributed by atoms with Crippen LogP contribution in [0.2, 0.25) is 0 Å². The number of benzene rings is 7.